The monoisotopic (exact) mass is 399 g/mol. The lowest BCUT2D eigenvalue weighted by Crippen LogP contribution is -2.32. The first-order valence-electron chi connectivity index (χ1n) is 9.51. The molecule has 0 atom stereocenters. The summed E-state index contributed by atoms with van der Waals surface area (Å²) >= 11 is 1.79. The average molecular weight is 400 g/mol. The van der Waals surface area contributed by atoms with Crippen LogP contribution in [0.25, 0.3) is 0 Å². The highest BCUT2D eigenvalue weighted by Crippen LogP contribution is 2.58. The summed E-state index contributed by atoms with van der Waals surface area (Å²) in [7, 11) is -1.81. The van der Waals surface area contributed by atoms with E-state index in [2.05, 4.69) is 122 Å². The second kappa shape index (κ2) is 8.78. The average Bonchev–Trinajstić information content (AvgIpc) is 2.80. The molecule has 0 nitrogen and oxygen atoms in total. The topological polar surface area (TPSA) is 0 Å². The molecule has 0 heterocycles. The molecule has 0 unspecified atom stereocenters. The van der Waals surface area contributed by atoms with Crippen molar-refractivity contribution in [3.05, 3.63) is 121 Å². The van der Waals surface area contributed by atoms with Crippen molar-refractivity contribution >= 4 is 34.9 Å². The molecule has 2 heteroatoms. The van der Waals surface area contributed by atoms with Crippen LogP contribution in [0.15, 0.2) is 120 Å². The standard InChI is InChI=1S/C26H24PS/c1-28-26-19-17-22(18-20-26)21-27(23-11-5-2-6-12-23,24-13-7-3-8-14-24)25-15-9-4-10-16-25/h2-20H,21H2,1H3/q+1. The Morgan fingerprint density at radius 2 is 0.929 bits per heavy atom. The van der Waals surface area contributed by atoms with E-state index in [1.807, 2.05) is 0 Å². The Morgan fingerprint density at radius 1 is 0.536 bits per heavy atom. The summed E-state index contributed by atoms with van der Waals surface area (Å²) < 4.78 is 0. The summed E-state index contributed by atoms with van der Waals surface area (Å²) in [5, 5.41) is 4.30. The molecule has 0 aliphatic rings. The predicted octanol–water partition coefficient (Wildman–Crippen LogP) is 5.90. The van der Waals surface area contributed by atoms with E-state index in [0.717, 1.165) is 6.16 Å². The third kappa shape index (κ3) is 3.78. The molecule has 0 N–H and O–H groups in total. The lowest BCUT2D eigenvalue weighted by atomic mass is 10.2. The van der Waals surface area contributed by atoms with E-state index >= 15 is 0 Å². The number of hydrogen-bond donors (Lipinski definition) is 0. The second-order valence-electron chi connectivity index (χ2n) is 6.82. The fraction of sp³-hybridized carbons (Fsp3) is 0.0769. The fourth-order valence-corrected chi connectivity index (χ4v) is 8.43. The normalized spacial score (nSPS) is 11.3. The van der Waals surface area contributed by atoms with Crippen LogP contribution in [-0.2, 0) is 6.16 Å². The maximum Gasteiger partial charge on any atom is 0.116 e. The van der Waals surface area contributed by atoms with Crippen LogP contribution in [0.1, 0.15) is 5.56 Å². The third-order valence-corrected chi connectivity index (χ3v) is 10.3. The minimum Gasteiger partial charge on any atom is -0.130 e. The lowest BCUT2D eigenvalue weighted by Gasteiger charge is -2.28. The van der Waals surface area contributed by atoms with E-state index in [0.29, 0.717) is 0 Å². The number of hydrogen-bond acceptors (Lipinski definition) is 1. The van der Waals surface area contributed by atoms with Gasteiger partial charge in [0.25, 0.3) is 0 Å². The smallest absolute Gasteiger partial charge is 0.116 e. The molecule has 0 saturated carbocycles. The number of benzene rings is 4. The molecule has 4 rings (SSSR count). The van der Waals surface area contributed by atoms with Gasteiger partial charge in [0.15, 0.2) is 0 Å². The van der Waals surface area contributed by atoms with Gasteiger partial charge in [-0.2, -0.15) is 0 Å². The van der Waals surface area contributed by atoms with Crippen LogP contribution in [0.5, 0.6) is 0 Å². The maximum atomic E-state index is 2.31. The highest BCUT2D eigenvalue weighted by atomic mass is 32.2. The molecule has 4 aromatic carbocycles. The third-order valence-electron chi connectivity index (χ3n) is 5.17. The van der Waals surface area contributed by atoms with Gasteiger partial charge in [-0.05, 0) is 60.4 Å². The predicted molar refractivity (Wildman–Crippen MR) is 127 cm³/mol. The molecular formula is C26H24PS+. The van der Waals surface area contributed by atoms with Crippen molar-refractivity contribution in [2.24, 2.45) is 0 Å². The quantitative estimate of drug-likeness (QED) is 0.287. The van der Waals surface area contributed by atoms with E-state index < -0.39 is 7.26 Å². The van der Waals surface area contributed by atoms with Crippen molar-refractivity contribution in [1.29, 1.82) is 0 Å². The summed E-state index contributed by atoms with van der Waals surface area (Å²) in [4.78, 5) is 1.31. The van der Waals surface area contributed by atoms with Crippen LogP contribution in [0.2, 0.25) is 0 Å². The molecule has 28 heavy (non-hydrogen) atoms. The van der Waals surface area contributed by atoms with E-state index in [1.54, 1.807) is 11.8 Å². The van der Waals surface area contributed by atoms with E-state index in [-0.39, 0.29) is 0 Å². The van der Waals surface area contributed by atoms with Gasteiger partial charge in [-0.3, -0.25) is 0 Å². The molecule has 0 spiro atoms. The molecule has 0 saturated heterocycles. The molecule has 0 aliphatic heterocycles. The van der Waals surface area contributed by atoms with Gasteiger partial charge in [0.2, 0.25) is 0 Å². The minimum absolute atomic E-state index is 1.03. The van der Waals surface area contributed by atoms with Crippen LogP contribution in [0, 0.1) is 0 Å². The Hall–Kier alpha value is -2.34. The first kappa shape index (κ1) is 19.0. The number of rotatable bonds is 6. The number of thioether (sulfide) groups is 1. The van der Waals surface area contributed by atoms with Crippen molar-refractivity contribution in [3.8, 4) is 0 Å². The second-order valence-corrected chi connectivity index (χ2v) is 11.2. The summed E-state index contributed by atoms with van der Waals surface area (Å²) in [6.45, 7) is 0. The Bertz CT molecular complexity index is 900. The van der Waals surface area contributed by atoms with Gasteiger partial charge < -0.3 is 0 Å². The Balaban J connectivity index is 1.95. The van der Waals surface area contributed by atoms with Crippen molar-refractivity contribution < 1.29 is 0 Å². The molecule has 0 aliphatic carbocycles. The van der Waals surface area contributed by atoms with Crippen molar-refractivity contribution in [2.45, 2.75) is 11.1 Å². The highest BCUT2D eigenvalue weighted by Gasteiger charge is 2.45. The van der Waals surface area contributed by atoms with Crippen LogP contribution in [0.4, 0.5) is 0 Å². The summed E-state index contributed by atoms with van der Waals surface area (Å²) in [5.41, 5.74) is 1.39. The van der Waals surface area contributed by atoms with Crippen molar-refractivity contribution in [3.63, 3.8) is 0 Å². The molecule has 0 fully saturated rings. The van der Waals surface area contributed by atoms with E-state index in [1.165, 1.54) is 26.4 Å². The fourth-order valence-electron chi connectivity index (χ4n) is 3.77. The first-order chi connectivity index (χ1) is 13.8. The molecular weight excluding hydrogens is 375 g/mol. The molecule has 0 radical (unpaired) electrons. The van der Waals surface area contributed by atoms with Gasteiger partial charge in [-0.1, -0.05) is 66.7 Å². The summed E-state index contributed by atoms with van der Waals surface area (Å²) in [5.74, 6) is 0. The zero-order chi connectivity index (χ0) is 19.2. The Labute approximate surface area is 173 Å². The van der Waals surface area contributed by atoms with Gasteiger partial charge in [0, 0.05) is 4.90 Å². The van der Waals surface area contributed by atoms with Crippen LogP contribution in [-0.4, -0.2) is 6.26 Å². The van der Waals surface area contributed by atoms with E-state index in [4.69, 9.17) is 0 Å². The first-order valence-corrected chi connectivity index (χ1v) is 12.7. The van der Waals surface area contributed by atoms with Gasteiger partial charge in [0.05, 0.1) is 6.16 Å². The maximum absolute atomic E-state index is 2.31. The molecule has 0 amide bonds. The minimum atomic E-state index is -1.81. The Morgan fingerprint density at radius 3 is 1.29 bits per heavy atom. The van der Waals surface area contributed by atoms with Crippen LogP contribution >= 0.6 is 19.0 Å². The summed E-state index contributed by atoms with van der Waals surface area (Å²) in [6.07, 6.45) is 3.16. The van der Waals surface area contributed by atoms with Gasteiger partial charge in [-0.25, -0.2) is 0 Å². The van der Waals surface area contributed by atoms with Gasteiger partial charge in [0.1, 0.15) is 23.2 Å². The Kier molecular flexibility index (Phi) is 5.95. The zero-order valence-corrected chi connectivity index (χ0v) is 17.7. The van der Waals surface area contributed by atoms with Gasteiger partial charge in [-0.15, -0.1) is 11.8 Å². The van der Waals surface area contributed by atoms with Gasteiger partial charge >= 0.3 is 0 Å². The highest BCUT2D eigenvalue weighted by molar-refractivity contribution is 7.98. The van der Waals surface area contributed by atoms with Crippen molar-refractivity contribution in [1.82, 2.24) is 0 Å². The molecule has 0 aromatic heterocycles. The van der Waals surface area contributed by atoms with Crippen LogP contribution < -0.4 is 15.9 Å². The molecule has 138 valence electrons. The lowest BCUT2D eigenvalue weighted by molar-refractivity contribution is 1.33. The van der Waals surface area contributed by atoms with Crippen LogP contribution in [0.3, 0.4) is 0 Å². The van der Waals surface area contributed by atoms with Crippen molar-refractivity contribution in [2.75, 3.05) is 6.26 Å². The SMILES string of the molecule is CSc1ccc(C[P+](c2ccccc2)(c2ccccc2)c2ccccc2)cc1. The zero-order valence-electron chi connectivity index (χ0n) is 16.0. The summed E-state index contributed by atoms with van der Waals surface area (Å²) in [6, 6.07) is 42.3. The molecule has 0 bridgehead atoms. The molecule has 4 aromatic rings. The van der Waals surface area contributed by atoms with E-state index in [9.17, 15) is 0 Å². The largest absolute Gasteiger partial charge is 0.130 e.